The molecule has 0 fully saturated rings. The van der Waals surface area contributed by atoms with Crippen molar-refractivity contribution < 1.29 is 14.3 Å². The van der Waals surface area contributed by atoms with Crippen molar-refractivity contribution in [2.45, 2.75) is 13.0 Å². The summed E-state index contributed by atoms with van der Waals surface area (Å²) in [6.45, 7) is 1.88. The van der Waals surface area contributed by atoms with E-state index in [2.05, 4.69) is 21.2 Å². The van der Waals surface area contributed by atoms with Gasteiger partial charge < -0.3 is 14.8 Å². The zero-order chi connectivity index (χ0) is 17.0. The van der Waals surface area contributed by atoms with Crippen LogP contribution in [0.3, 0.4) is 0 Å². The van der Waals surface area contributed by atoms with Gasteiger partial charge in [0.15, 0.2) is 0 Å². The molecule has 23 heavy (non-hydrogen) atoms. The van der Waals surface area contributed by atoms with Crippen molar-refractivity contribution >= 4 is 33.4 Å². The molecule has 0 aliphatic heterocycles. The second-order valence-corrected chi connectivity index (χ2v) is 6.11. The lowest BCUT2D eigenvalue weighted by atomic mass is 10.1. The van der Waals surface area contributed by atoms with Crippen molar-refractivity contribution in [3.05, 3.63) is 57.0 Å². The molecule has 1 atom stereocenters. The first-order chi connectivity index (χ1) is 11.0. The molecule has 6 heteroatoms. The van der Waals surface area contributed by atoms with Crippen LogP contribution in [0.15, 0.2) is 40.9 Å². The Morgan fingerprint density at radius 2 is 1.74 bits per heavy atom. The standard InChI is InChI=1S/C17H17BrClNO3/c1-10(12-6-4-5-7-13(12)19)20-17(21)11-8-14(22-2)16(18)15(9-11)23-3/h4-10H,1-3H3,(H,20,21). The van der Waals surface area contributed by atoms with Crippen LogP contribution in [-0.2, 0) is 0 Å². The number of carbonyl (C=O) groups excluding carboxylic acids is 1. The highest BCUT2D eigenvalue weighted by Crippen LogP contribution is 2.35. The summed E-state index contributed by atoms with van der Waals surface area (Å²) < 4.78 is 11.2. The third-order valence-corrected chi connectivity index (χ3v) is 4.55. The fourth-order valence-corrected chi connectivity index (χ4v) is 3.04. The van der Waals surface area contributed by atoms with Crippen molar-refractivity contribution in [2.24, 2.45) is 0 Å². The van der Waals surface area contributed by atoms with Crippen LogP contribution >= 0.6 is 27.5 Å². The minimum atomic E-state index is -0.235. The van der Waals surface area contributed by atoms with Crippen LogP contribution in [0, 0.1) is 0 Å². The van der Waals surface area contributed by atoms with Crippen LogP contribution in [0.5, 0.6) is 11.5 Å². The summed E-state index contributed by atoms with van der Waals surface area (Å²) in [6.07, 6.45) is 0. The van der Waals surface area contributed by atoms with E-state index in [0.29, 0.717) is 26.6 Å². The van der Waals surface area contributed by atoms with Crippen LogP contribution < -0.4 is 14.8 Å². The number of hydrogen-bond donors (Lipinski definition) is 1. The molecule has 0 heterocycles. The Balaban J connectivity index is 2.26. The van der Waals surface area contributed by atoms with Gasteiger partial charge in [0.25, 0.3) is 5.91 Å². The highest BCUT2D eigenvalue weighted by molar-refractivity contribution is 9.10. The van der Waals surface area contributed by atoms with E-state index in [0.717, 1.165) is 5.56 Å². The number of methoxy groups -OCH3 is 2. The Bertz CT molecular complexity index is 696. The van der Waals surface area contributed by atoms with Gasteiger partial charge in [-0.25, -0.2) is 0 Å². The van der Waals surface area contributed by atoms with Crippen LogP contribution in [0.1, 0.15) is 28.9 Å². The SMILES string of the molecule is COc1cc(C(=O)NC(C)c2ccccc2Cl)cc(OC)c1Br. The van der Waals surface area contributed by atoms with Crippen molar-refractivity contribution in [3.63, 3.8) is 0 Å². The summed E-state index contributed by atoms with van der Waals surface area (Å²) in [5.74, 6) is 0.821. The fraction of sp³-hybridized carbons (Fsp3) is 0.235. The van der Waals surface area contributed by atoms with E-state index in [4.69, 9.17) is 21.1 Å². The summed E-state index contributed by atoms with van der Waals surface area (Å²) in [5.41, 5.74) is 1.30. The highest BCUT2D eigenvalue weighted by atomic mass is 79.9. The highest BCUT2D eigenvalue weighted by Gasteiger charge is 2.17. The Hall–Kier alpha value is -1.72. The van der Waals surface area contributed by atoms with Crippen molar-refractivity contribution in [3.8, 4) is 11.5 Å². The lowest BCUT2D eigenvalue weighted by Crippen LogP contribution is -2.26. The van der Waals surface area contributed by atoms with E-state index >= 15 is 0 Å². The van der Waals surface area contributed by atoms with Gasteiger partial charge in [0.2, 0.25) is 0 Å². The Kier molecular flexibility index (Phi) is 5.91. The normalized spacial score (nSPS) is 11.7. The number of hydrogen-bond acceptors (Lipinski definition) is 3. The van der Waals surface area contributed by atoms with Gasteiger partial charge >= 0.3 is 0 Å². The van der Waals surface area contributed by atoms with E-state index < -0.39 is 0 Å². The number of rotatable bonds is 5. The molecule has 122 valence electrons. The van der Waals surface area contributed by atoms with Crippen LogP contribution in [0.25, 0.3) is 0 Å². The van der Waals surface area contributed by atoms with E-state index in [1.54, 1.807) is 18.2 Å². The first kappa shape index (κ1) is 17.6. The smallest absolute Gasteiger partial charge is 0.252 e. The Morgan fingerprint density at radius 3 is 2.26 bits per heavy atom. The maximum absolute atomic E-state index is 12.5. The predicted molar refractivity (Wildman–Crippen MR) is 94.6 cm³/mol. The molecule has 0 aliphatic carbocycles. The monoisotopic (exact) mass is 397 g/mol. The number of amides is 1. The number of nitrogens with one attached hydrogen (secondary N) is 1. The molecule has 0 saturated carbocycles. The summed E-state index contributed by atoms with van der Waals surface area (Å²) in [5, 5.41) is 3.54. The zero-order valence-electron chi connectivity index (χ0n) is 13.0. The summed E-state index contributed by atoms with van der Waals surface area (Å²) >= 11 is 9.55. The molecule has 2 aromatic carbocycles. The summed E-state index contributed by atoms with van der Waals surface area (Å²) in [7, 11) is 3.07. The Morgan fingerprint density at radius 1 is 1.17 bits per heavy atom. The predicted octanol–water partition coefficient (Wildman–Crippen LogP) is 4.61. The molecule has 0 aromatic heterocycles. The van der Waals surface area contributed by atoms with Gasteiger partial charge in [-0.3, -0.25) is 4.79 Å². The number of carbonyl (C=O) groups is 1. The number of halogens is 2. The lowest BCUT2D eigenvalue weighted by Gasteiger charge is -2.17. The second-order valence-electron chi connectivity index (χ2n) is 4.91. The maximum Gasteiger partial charge on any atom is 0.252 e. The molecular weight excluding hydrogens is 382 g/mol. The molecule has 1 amide bonds. The Labute approximate surface area is 148 Å². The quantitative estimate of drug-likeness (QED) is 0.800. The number of ether oxygens (including phenoxy) is 2. The molecule has 4 nitrogen and oxygen atoms in total. The summed E-state index contributed by atoms with van der Waals surface area (Å²) in [6, 6.07) is 10.5. The molecule has 1 N–H and O–H groups in total. The molecule has 0 radical (unpaired) electrons. The average molecular weight is 399 g/mol. The van der Waals surface area contributed by atoms with Crippen LogP contribution in [-0.4, -0.2) is 20.1 Å². The maximum atomic E-state index is 12.5. The lowest BCUT2D eigenvalue weighted by molar-refractivity contribution is 0.0939. The first-order valence-corrected chi connectivity index (χ1v) is 8.11. The molecule has 0 saturated heterocycles. The minimum absolute atomic E-state index is 0.225. The third-order valence-electron chi connectivity index (χ3n) is 3.43. The van der Waals surface area contributed by atoms with Gasteiger partial charge in [0.1, 0.15) is 16.0 Å². The largest absolute Gasteiger partial charge is 0.495 e. The molecule has 1 unspecified atom stereocenters. The molecule has 0 aliphatic rings. The average Bonchev–Trinajstić information content (AvgIpc) is 2.55. The third kappa shape index (κ3) is 3.98. The molecule has 2 aromatic rings. The van der Waals surface area contributed by atoms with Crippen LogP contribution in [0.2, 0.25) is 5.02 Å². The molecular formula is C17H17BrClNO3. The van der Waals surface area contributed by atoms with Gasteiger partial charge in [-0.15, -0.1) is 0 Å². The van der Waals surface area contributed by atoms with E-state index in [-0.39, 0.29) is 11.9 Å². The molecule has 0 bridgehead atoms. The van der Waals surface area contributed by atoms with Gasteiger partial charge in [-0.05, 0) is 46.6 Å². The minimum Gasteiger partial charge on any atom is -0.495 e. The van der Waals surface area contributed by atoms with E-state index in [9.17, 15) is 4.79 Å². The first-order valence-electron chi connectivity index (χ1n) is 6.94. The number of benzene rings is 2. The molecule has 2 rings (SSSR count). The molecule has 0 spiro atoms. The zero-order valence-corrected chi connectivity index (χ0v) is 15.4. The van der Waals surface area contributed by atoms with Crippen LogP contribution in [0.4, 0.5) is 0 Å². The van der Waals surface area contributed by atoms with E-state index in [1.807, 2.05) is 25.1 Å². The van der Waals surface area contributed by atoms with Gasteiger partial charge in [0.05, 0.1) is 20.3 Å². The topological polar surface area (TPSA) is 47.6 Å². The van der Waals surface area contributed by atoms with Crippen molar-refractivity contribution in [1.82, 2.24) is 5.32 Å². The fourth-order valence-electron chi connectivity index (χ4n) is 2.18. The summed E-state index contributed by atoms with van der Waals surface area (Å²) in [4.78, 5) is 12.5. The van der Waals surface area contributed by atoms with Gasteiger partial charge in [-0.2, -0.15) is 0 Å². The van der Waals surface area contributed by atoms with Crippen molar-refractivity contribution in [1.29, 1.82) is 0 Å². The van der Waals surface area contributed by atoms with Gasteiger partial charge in [0, 0.05) is 10.6 Å². The van der Waals surface area contributed by atoms with Crippen molar-refractivity contribution in [2.75, 3.05) is 14.2 Å². The van der Waals surface area contributed by atoms with E-state index in [1.165, 1.54) is 14.2 Å². The second kappa shape index (κ2) is 7.70. The van der Waals surface area contributed by atoms with Gasteiger partial charge in [-0.1, -0.05) is 29.8 Å².